The van der Waals surface area contributed by atoms with Crippen molar-refractivity contribution in [3.05, 3.63) is 24.0 Å². The van der Waals surface area contributed by atoms with Crippen LogP contribution in [0.5, 0.6) is 0 Å². The van der Waals surface area contributed by atoms with Gasteiger partial charge >= 0.3 is 0 Å². The van der Waals surface area contributed by atoms with Gasteiger partial charge in [0, 0.05) is 25.0 Å². The molecular weight excluding hydrogens is 204 g/mol. The van der Waals surface area contributed by atoms with Gasteiger partial charge in [-0.25, -0.2) is 0 Å². The molecule has 0 aliphatic carbocycles. The van der Waals surface area contributed by atoms with Crippen LogP contribution in [-0.4, -0.2) is 28.4 Å². The van der Waals surface area contributed by atoms with Crippen LogP contribution in [0, 0.1) is 0 Å². The standard InChI is InChI=1S/C11H16N4O/c1-8-3-2-6-15(8)11(16)9-7-13-5-4-10(9)14-12/h4-5,7-8H,2-3,6,12H2,1H3,(H,13,14). The Labute approximate surface area is 94.6 Å². The number of aromatic nitrogens is 1. The summed E-state index contributed by atoms with van der Waals surface area (Å²) in [5.74, 6) is 5.38. The number of hydrazine groups is 1. The summed E-state index contributed by atoms with van der Waals surface area (Å²) in [5, 5.41) is 0. The third kappa shape index (κ3) is 1.86. The number of amides is 1. The van der Waals surface area contributed by atoms with E-state index >= 15 is 0 Å². The Kier molecular flexibility index (Phi) is 3.05. The van der Waals surface area contributed by atoms with Crippen LogP contribution in [0.4, 0.5) is 5.69 Å². The lowest BCUT2D eigenvalue weighted by atomic mass is 10.2. The zero-order valence-electron chi connectivity index (χ0n) is 9.31. The molecule has 3 N–H and O–H groups in total. The van der Waals surface area contributed by atoms with Crippen LogP contribution >= 0.6 is 0 Å². The highest BCUT2D eigenvalue weighted by molar-refractivity contribution is 5.99. The highest BCUT2D eigenvalue weighted by Crippen LogP contribution is 2.22. The number of carbonyl (C=O) groups is 1. The topological polar surface area (TPSA) is 71.2 Å². The van der Waals surface area contributed by atoms with Gasteiger partial charge in [-0.05, 0) is 25.8 Å². The van der Waals surface area contributed by atoms with E-state index in [0.29, 0.717) is 17.3 Å². The van der Waals surface area contributed by atoms with Crippen LogP contribution < -0.4 is 11.3 Å². The van der Waals surface area contributed by atoms with E-state index in [1.54, 1.807) is 18.5 Å². The fourth-order valence-electron chi connectivity index (χ4n) is 2.08. The summed E-state index contributed by atoms with van der Waals surface area (Å²) in [7, 11) is 0. The van der Waals surface area contributed by atoms with Gasteiger partial charge in [0.05, 0.1) is 11.3 Å². The average Bonchev–Trinajstić information content (AvgIpc) is 2.74. The van der Waals surface area contributed by atoms with Gasteiger partial charge in [-0.15, -0.1) is 0 Å². The molecule has 0 aromatic carbocycles. The van der Waals surface area contributed by atoms with E-state index in [9.17, 15) is 4.79 Å². The SMILES string of the molecule is CC1CCCN1C(=O)c1cnccc1NN. The first-order chi connectivity index (χ1) is 7.74. The van der Waals surface area contributed by atoms with Gasteiger partial charge in [0.25, 0.3) is 5.91 Å². The first-order valence-corrected chi connectivity index (χ1v) is 5.45. The molecule has 86 valence electrons. The van der Waals surface area contributed by atoms with Crippen LogP contribution in [-0.2, 0) is 0 Å². The van der Waals surface area contributed by atoms with Crippen molar-refractivity contribution in [1.29, 1.82) is 0 Å². The molecule has 1 aliphatic rings. The van der Waals surface area contributed by atoms with Gasteiger partial charge in [0.2, 0.25) is 0 Å². The number of hydrogen-bond donors (Lipinski definition) is 2. The first-order valence-electron chi connectivity index (χ1n) is 5.45. The minimum absolute atomic E-state index is 0.00560. The Morgan fingerprint density at radius 2 is 2.50 bits per heavy atom. The zero-order chi connectivity index (χ0) is 11.5. The average molecular weight is 220 g/mol. The molecule has 1 aliphatic heterocycles. The van der Waals surface area contributed by atoms with E-state index in [1.165, 1.54) is 0 Å². The number of hydrogen-bond acceptors (Lipinski definition) is 4. The molecule has 1 unspecified atom stereocenters. The fourth-order valence-corrected chi connectivity index (χ4v) is 2.08. The van der Waals surface area contributed by atoms with Crippen molar-refractivity contribution in [2.45, 2.75) is 25.8 Å². The Balaban J connectivity index is 2.26. The summed E-state index contributed by atoms with van der Waals surface area (Å²) in [6.07, 6.45) is 5.30. The number of rotatable bonds is 2. The molecule has 1 aromatic rings. The largest absolute Gasteiger partial charge is 0.336 e. The fraction of sp³-hybridized carbons (Fsp3) is 0.455. The molecule has 0 saturated carbocycles. The number of nitrogen functional groups attached to an aromatic ring is 1. The molecule has 0 radical (unpaired) electrons. The molecular formula is C11H16N4O. The van der Waals surface area contributed by atoms with Crippen molar-refractivity contribution < 1.29 is 4.79 Å². The van der Waals surface area contributed by atoms with E-state index < -0.39 is 0 Å². The third-order valence-corrected chi connectivity index (χ3v) is 3.02. The van der Waals surface area contributed by atoms with Gasteiger partial charge in [-0.2, -0.15) is 0 Å². The van der Waals surface area contributed by atoms with Gasteiger partial charge in [0.1, 0.15) is 0 Å². The number of carbonyl (C=O) groups excluding carboxylic acids is 1. The minimum Gasteiger partial charge on any atom is -0.336 e. The van der Waals surface area contributed by atoms with Crippen LogP contribution in [0.3, 0.4) is 0 Å². The Morgan fingerprint density at radius 1 is 1.69 bits per heavy atom. The minimum atomic E-state index is 0.00560. The lowest BCUT2D eigenvalue weighted by molar-refractivity contribution is 0.0748. The molecule has 16 heavy (non-hydrogen) atoms. The molecule has 2 rings (SSSR count). The highest BCUT2D eigenvalue weighted by atomic mass is 16.2. The van der Waals surface area contributed by atoms with Crippen LogP contribution in [0.2, 0.25) is 0 Å². The monoisotopic (exact) mass is 220 g/mol. The predicted octanol–water partition coefficient (Wildman–Crippen LogP) is 0.992. The molecule has 0 spiro atoms. The van der Waals surface area contributed by atoms with Crippen LogP contribution in [0.15, 0.2) is 18.5 Å². The Morgan fingerprint density at radius 3 is 3.12 bits per heavy atom. The van der Waals surface area contributed by atoms with E-state index in [1.807, 2.05) is 4.90 Å². The zero-order valence-corrected chi connectivity index (χ0v) is 9.31. The third-order valence-electron chi connectivity index (χ3n) is 3.02. The lowest BCUT2D eigenvalue weighted by Crippen LogP contribution is -2.34. The molecule has 5 nitrogen and oxygen atoms in total. The summed E-state index contributed by atoms with van der Waals surface area (Å²) in [4.78, 5) is 18.1. The summed E-state index contributed by atoms with van der Waals surface area (Å²) < 4.78 is 0. The maximum atomic E-state index is 12.2. The Hall–Kier alpha value is -1.62. The predicted molar refractivity (Wildman–Crippen MR) is 61.8 cm³/mol. The summed E-state index contributed by atoms with van der Waals surface area (Å²) in [6.45, 7) is 2.88. The summed E-state index contributed by atoms with van der Waals surface area (Å²) in [6, 6.07) is 2.01. The van der Waals surface area contributed by atoms with Crippen molar-refractivity contribution in [2.24, 2.45) is 5.84 Å². The second-order valence-electron chi connectivity index (χ2n) is 4.06. The smallest absolute Gasteiger partial charge is 0.257 e. The van der Waals surface area contributed by atoms with Gasteiger partial charge in [0.15, 0.2) is 0 Å². The highest BCUT2D eigenvalue weighted by Gasteiger charge is 2.27. The molecule has 5 heteroatoms. The van der Waals surface area contributed by atoms with Crippen molar-refractivity contribution in [3.63, 3.8) is 0 Å². The normalized spacial score (nSPS) is 19.9. The molecule has 1 atom stereocenters. The number of likely N-dealkylation sites (tertiary alicyclic amines) is 1. The van der Waals surface area contributed by atoms with Crippen molar-refractivity contribution >= 4 is 11.6 Å². The second kappa shape index (κ2) is 4.49. The molecule has 1 fully saturated rings. The van der Waals surface area contributed by atoms with E-state index in [0.717, 1.165) is 19.4 Å². The van der Waals surface area contributed by atoms with E-state index in [-0.39, 0.29) is 5.91 Å². The van der Waals surface area contributed by atoms with Crippen LogP contribution in [0.25, 0.3) is 0 Å². The number of anilines is 1. The molecule has 0 bridgehead atoms. The number of nitrogens with zero attached hydrogens (tertiary/aromatic N) is 2. The number of nitrogens with two attached hydrogens (primary N) is 1. The second-order valence-corrected chi connectivity index (χ2v) is 4.06. The van der Waals surface area contributed by atoms with Gasteiger partial charge in [-0.3, -0.25) is 15.6 Å². The van der Waals surface area contributed by atoms with Gasteiger partial charge in [-0.1, -0.05) is 0 Å². The van der Waals surface area contributed by atoms with E-state index in [2.05, 4.69) is 17.3 Å². The quantitative estimate of drug-likeness (QED) is 0.576. The van der Waals surface area contributed by atoms with Gasteiger partial charge < -0.3 is 10.3 Å². The molecule has 2 heterocycles. The summed E-state index contributed by atoms with van der Waals surface area (Å²) >= 11 is 0. The maximum Gasteiger partial charge on any atom is 0.257 e. The molecule has 1 saturated heterocycles. The van der Waals surface area contributed by atoms with Crippen LogP contribution in [0.1, 0.15) is 30.1 Å². The van der Waals surface area contributed by atoms with Crippen molar-refractivity contribution in [1.82, 2.24) is 9.88 Å². The molecule has 1 aromatic heterocycles. The number of nitrogens with one attached hydrogen (secondary N) is 1. The van der Waals surface area contributed by atoms with Crippen molar-refractivity contribution in [3.8, 4) is 0 Å². The lowest BCUT2D eigenvalue weighted by Gasteiger charge is -2.22. The maximum absolute atomic E-state index is 12.2. The summed E-state index contributed by atoms with van der Waals surface area (Å²) in [5.41, 5.74) is 3.69. The van der Waals surface area contributed by atoms with Crippen molar-refractivity contribution in [2.75, 3.05) is 12.0 Å². The molecule has 1 amide bonds. The number of pyridine rings is 1. The first kappa shape index (κ1) is 10.9. The Bertz CT molecular complexity index is 393. The van der Waals surface area contributed by atoms with E-state index in [4.69, 9.17) is 5.84 Å².